The van der Waals surface area contributed by atoms with Crippen LogP contribution in [0.1, 0.15) is 6.92 Å². The molecule has 0 aliphatic rings. The lowest BCUT2D eigenvalue weighted by Crippen LogP contribution is -2.20. The first-order chi connectivity index (χ1) is 6.50. The zero-order valence-corrected chi connectivity index (χ0v) is 9.07. The number of halogens is 2. The Morgan fingerprint density at radius 3 is 2.79 bits per heavy atom. The minimum absolute atomic E-state index is 0.0189. The van der Waals surface area contributed by atoms with E-state index >= 15 is 0 Å². The molecule has 0 fully saturated rings. The zero-order valence-electron chi connectivity index (χ0n) is 7.42. The van der Waals surface area contributed by atoms with Gasteiger partial charge in [-0.05, 0) is 25.1 Å². The molecule has 0 radical (unpaired) electrons. The second-order valence-corrected chi connectivity index (χ2v) is 3.98. The molecule has 0 aliphatic carbocycles. The van der Waals surface area contributed by atoms with Crippen LogP contribution in [0.5, 0.6) is 0 Å². The Labute approximate surface area is 91.9 Å². The monoisotopic (exact) mass is 233 g/mol. The summed E-state index contributed by atoms with van der Waals surface area (Å²) in [4.78, 5) is 11.2. The number of benzene rings is 1. The lowest BCUT2D eigenvalue weighted by Gasteiger charge is -2.07. The van der Waals surface area contributed by atoms with E-state index in [2.05, 4.69) is 17.9 Å². The number of hydrogen-bond acceptors (Lipinski definition) is 2. The number of anilines is 1. The van der Waals surface area contributed by atoms with E-state index in [-0.39, 0.29) is 10.9 Å². The van der Waals surface area contributed by atoms with Gasteiger partial charge in [0.1, 0.15) is 5.82 Å². The maximum absolute atomic E-state index is 12.7. The van der Waals surface area contributed by atoms with E-state index in [0.29, 0.717) is 5.69 Å². The number of nitrogens with one attached hydrogen (secondary N) is 1. The van der Waals surface area contributed by atoms with E-state index in [1.54, 1.807) is 6.92 Å². The van der Waals surface area contributed by atoms with Gasteiger partial charge >= 0.3 is 0 Å². The molecule has 0 saturated heterocycles. The molecule has 1 aromatic rings. The summed E-state index contributed by atoms with van der Waals surface area (Å²) in [6.07, 6.45) is 0. The van der Waals surface area contributed by atoms with Gasteiger partial charge in [0, 0.05) is 5.69 Å². The Morgan fingerprint density at radius 2 is 2.29 bits per heavy atom. The van der Waals surface area contributed by atoms with Crippen LogP contribution in [0.2, 0.25) is 5.02 Å². The summed E-state index contributed by atoms with van der Waals surface area (Å²) in [7, 11) is 0. The summed E-state index contributed by atoms with van der Waals surface area (Å²) < 4.78 is 12.7. The van der Waals surface area contributed by atoms with E-state index in [1.807, 2.05) is 0 Å². The number of carbonyl (C=O) groups excluding carboxylic acids is 1. The first-order valence-electron chi connectivity index (χ1n) is 3.94. The molecule has 1 rings (SSSR count). The highest BCUT2D eigenvalue weighted by molar-refractivity contribution is 7.81. The van der Waals surface area contributed by atoms with E-state index < -0.39 is 11.1 Å². The van der Waals surface area contributed by atoms with Crippen LogP contribution < -0.4 is 5.32 Å². The molecule has 5 heteroatoms. The summed E-state index contributed by atoms with van der Waals surface area (Å²) in [5.74, 6) is -0.764. The fraction of sp³-hybridized carbons (Fsp3) is 0.222. The van der Waals surface area contributed by atoms with Crippen LogP contribution in [-0.4, -0.2) is 11.2 Å². The Balaban J connectivity index is 2.78. The highest BCUT2D eigenvalue weighted by Crippen LogP contribution is 2.19. The summed E-state index contributed by atoms with van der Waals surface area (Å²) in [6, 6.07) is 3.99. The third-order valence-corrected chi connectivity index (χ3v) is 2.09. The van der Waals surface area contributed by atoms with Gasteiger partial charge in [0.15, 0.2) is 0 Å². The summed E-state index contributed by atoms with van der Waals surface area (Å²) in [5.41, 5.74) is 0.460. The van der Waals surface area contributed by atoms with Gasteiger partial charge in [-0.3, -0.25) is 4.79 Å². The number of carbonyl (C=O) groups is 1. The van der Waals surface area contributed by atoms with Crippen LogP contribution in [-0.2, 0) is 4.79 Å². The van der Waals surface area contributed by atoms with Crippen LogP contribution in [0.3, 0.4) is 0 Å². The molecule has 1 atom stereocenters. The van der Waals surface area contributed by atoms with Gasteiger partial charge in [-0.15, -0.1) is 0 Å². The van der Waals surface area contributed by atoms with Crippen molar-refractivity contribution in [1.82, 2.24) is 0 Å². The third-order valence-electron chi connectivity index (χ3n) is 1.57. The maximum Gasteiger partial charge on any atom is 0.236 e. The first-order valence-corrected chi connectivity index (χ1v) is 4.84. The number of amides is 1. The summed E-state index contributed by atoms with van der Waals surface area (Å²) in [5, 5.41) is 2.11. The van der Waals surface area contributed by atoms with Crippen molar-refractivity contribution in [3.8, 4) is 0 Å². The second-order valence-electron chi connectivity index (χ2n) is 2.79. The van der Waals surface area contributed by atoms with Crippen molar-refractivity contribution in [3.63, 3.8) is 0 Å². The molecule has 0 saturated carbocycles. The van der Waals surface area contributed by atoms with Gasteiger partial charge < -0.3 is 5.32 Å². The van der Waals surface area contributed by atoms with Crippen LogP contribution in [0.15, 0.2) is 18.2 Å². The maximum atomic E-state index is 12.7. The average Bonchev–Trinajstić information content (AvgIpc) is 2.11. The second kappa shape index (κ2) is 4.66. The fourth-order valence-corrected chi connectivity index (χ4v) is 1.07. The van der Waals surface area contributed by atoms with Crippen LogP contribution in [0.25, 0.3) is 0 Å². The normalized spacial score (nSPS) is 12.3. The molecule has 0 heterocycles. The highest BCUT2D eigenvalue weighted by atomic mass is 35.5. The lowest BCUT2D eigenvalue weighted by atomic mass is 10.3. The topological polar surface area (TPSA) is 29.1 Å². The van der Waals surface area contributed by atoms with Crippen molar-refractivity contribution >= 4 is 35.8 Å². The van der Waals surface area contributed by atoms with Crippen molar-refractivity contribution in [2.24, 2.45) is 0 Å². The van der Waals surface area contributed by atoms with Crippen molar-refractivity contribution in [3.05, 3.63) is 29.0 Å². The molecule has 76 valence electrons. The minimum atomic E-state index is -0.511. The van der Waals surface area contributed by atoms with E-state index in [0.717, 1.165) is 0 Å². The van der Waals surface area contributed by atoms with Crippen molar-refractivity contribution in [1.29, 1.82) is 0 Å². The van der Waals surface area contributed by atoms with Crippen molar-refractivity contribution < 1.29 is 9.18 Å². The molecule has 0 spiro atoms. The SMILES string of the molecule is CC(S)C(=O)Nc1ccc(F)c(Cl)c1. The van der Waals surface area contributed by atoms with E-state index in [1.165, 1.54) is 18.2 Å². The fourth-order valence-electron chi connectivity index (χ4n) is 0.821. The number of hydrogen-bond donors (Lipinski definition) is 2. The largest absolute Gasteiger partial charge is 0.325 e. The Bertz CT molecular complexity index is 357. The van der Waals surface area contributed by atoms with E-state index in [4.69, 9.17) is 11.6 Å². The molecule has 1 N–H and O–H groups in total. The van der Waals surface area contributed by atoms with Gasteiger partial charge in [0.2, 0.25) is 5.91 Å². The molecule has 1 amide bonds. The first kappa shape index (κ1) is 11.3. The Kier molecular flexibility index (Phi) is 3.77. The molecule has 2 nitrogen and oxygen atoms in total. The standard InChI is InChI=1S/C9H9ClFNOS/c1-5(14)9(13)12-6-2-3-8(11)7(10)4-6/h2-5,14H,1H3,(H,12,13). The quantitative estimate of drug-likeness (QED) is 0.756. The predicted molar refractivity (Wildman–Crippen MR) is 58.5 cm³/mol. The van der Waals surface area contributed by atoms with Crippen LogP contribution >= 0.6 is 24.2 Å². The molecular weight excluding hydrogens is 225 g/mol. The molecule has 0 aromatic heterocycles. The Morgan fingerprint density at radius 1 is 1.64 bits per heavy atom. The van der Waals surface area contributed by atoms with Gasteiger partial charge in [0.05, 0.1) is 10.3 Å². The highest BCUT2D eigenvalue weighted by Gasteiger charge is 2.08. The lowest BCUT2D eigenvalue weighted by molar-refractivity contribution is -0.115. The summed E-state index contributed by atoms with van der Waals surface area (Å²) in [6.45, 7) is 1.64. The van der Waals surface area contributed by atoms with Gasteiger partial charge in [-0.2, -0.15) is 12.6 Å². The number of rotatable bonds is 2. The zero-order chi connectivity index (χ0) is 10.7. The average molecular weight is 234 g/mol. The Hall–Kier alpha value is -0.740. The number of thiol groups is 1. The molecule has 0 bridgehead atoms. The summed E-state index contributed by atoms with van der Waals surface area (Å²) >= 11 is 9.48. The van der Waals surface area contributed by atoms with Crippen molar-refractivity contribution in [2.45, 2.75) is 12.2 Å². The smallest absolute Gasteiger partial charge is 0.236 e. The molecule has 0 aliphatic heterocycles. The van der Waals surface area contributed by atoms with Gasteiger partial charge in [-0.1, -0.05) is 11.6 Å². The molecular formula is C9H9ClFNOS. The molecule has 14 heavy (non-hydrogen) atoms. The van der Waals surface area contributed by atoms with Crippen molar-refractivity contribution in [2.75, 3.05) is 5.32 Å². The van der Waals surface area contributed by atoms with Gasteiger partial charge in [-0.25, -0.2) is 4.39 Å². The van der Waals surface area contributed by atoms with Crippen LogP contribution in [0.4, 0.5) is 10.1 Å². The molecule has 1 unspecified atom stereocenters. The minimum Gasteiger partial charge on any atom is -0.325 e. The van der Waals surface area contributed by atoms with E-state index in [9.17, 15) is 9.18 Å². The van der Waals surface area contributed by atoms with Gasteiger partial charge in [0.25, 0.3) is 0 Å². The van der Waals surface area contributed by atoms with Crippen LogP contribution in [0, 0.1) is 5.82 Å². The predicted octanol–water partition coefficient (Wildman–Crippen LogP) is 2.74. The molecule has 1 aromatic carbocycles. The third kappa shape index (κ3) is 2.89.